The molecule has 1 aliphatic heterocycles. The third-order valence-electron chi connectivity index (χ3n) is 2.39. The number of hydrogen-bond acceptors (Lipinski definition) is 2. The Kier molecular flexibility index (Phi) is 1.94. The predicted octanol–water partition coefficient (Wildman–Crippen LogP) is 3.00. The smallest absolute Gasteiger partial charge is 0.0790 e. The first-order chi connectivity index (χ1) is 7.36. The molecule has 0 saturated heterocycles. The van der Waals surface area contributed by atoms with Crippen molar-refractivity contribution in [3.8, 4) is 0 Å². The number of hydrogen-bond donors (Lipinski definition) is 1. The minimum atomic E-state index is -0.834. The highest BCUT2D eigenvalue weighted by Gasteiger charge is 2.08. The molecule has 15 heavy (non-hydrogen) atoms. The van der Waals surface area contributed by atoms with Crippen LogP contribution in [-0.4, -0.2) is 4.55 Å². The Labute approximate surface area is 89.7 Å². The first-order valence-electron chi connectivity index (χ1n) is 4.69. The van der Waals surface area contributed by atoms with Crippen molar-refractivity contribution in [2.24, 2.45) is 4.99 Å². The predicted molar refractivity (Wildman–Crippen MR) is 61.0 cm³/mol. The van der Waals surface area contributed by atoms with Crippen LogP contribution in [0.25, 0.3) is 0 Å². The second-order valence-electron chi connectivity index (χ2n) is 3.33. The highest BCUT2D eigenvalue weighted by molar-refractivity contribution is 8.04. The summed E-state index contributed by atoms with van der Waals surface area (Å²) in [6, 6.07) is 15.5. The zero-order valence-corrected chi connectivity index (χ0v) is 8.74. The van der Waals surface area contributed by atoms with E-state index in [1.54, 1.807) is 0 Å². The van der Waals surface area contributed by atoms with E-state index in [0.29, 0.717) is 0 Å². The van der Waals surface area contributed by atoms with Crippen molar-refractivity contribution in [2.45, 2.75) is 4.90 Å². The molecule has 1 N–H and O–H groups in total. The molecule has 3 rings (SSSR count). The van der Waals surface area contributed by atoms with Gasteiger partial charge in [-0.25, -0.2) is 4.99 Å². The number of rotatable bonds is 0. The Morgan fingerprint density at radius 2 is 1.67 bits per heavy atom. The van der Waals surface area contributed by atoms with Crippen molar-refractivity contribution >= 4 is 16.5 Å². The fourth-order valence-corrected chi connectivity index (χ4v) is 2.95. The molecular formula is C12H9NOS. The van der Waals surface area contributed by atoms with Crippen LogP contribution in [-0.2, 0) is 0 Å². The number of para-hydroxylation sites is 2. The van der Waals surface area contributed by atoms with Gasteiger partial charge in [0, 0.05) is 0 Å². The van der Waals surface area contributed by atoms with E-state index >= 15 is 0 Å². The lowest BCUT2D eigenvalue weighted by Gasteiger charge is -2.10. The average molecular weight is 215 g/mol. The van der Waals surface area contributed by atoms with Crippen LogP contribution in [0.2, 0.25) is 0 Å². The maximum atomic E-state index is 10.2. The normalized spacial score (nSPS) is 17.5. The molecule has 1 heterocycles. The lowest BCUT2D eigenvalue weighted by Crippen LogP contribution is -2.05. The Bertz CT molecular complexity index is 649. The van der Waals surface area contributed by atoms with Gasteiger partial charge in [-0.3, -0.25) is 0 Å². The molecular weight excluding hydrogens is 206 g/mol. The van der Waals surface area contributed by atoms with Gasteiger partial charge in [0.05, 0.1) is 20.5 Å². The summed E-state index contributed by atoms with van der Waals surface area (Å²) in [6.07, 6.45) is 0. The molecule has 3 heteroatoms. The Morgan fingerprint density at radius 1 is 0.933 bits per heavy atom. The third kappa shape index (κ3) is 1.32. The maximum absolute atomic E-state index is 10.2. The first kappa shape index (κ1) is 8.83. The monoisotopic (exact) mass is 215 g/mol. The van der Waals surface area contributed by atoms with Crippen molar-refractivity contribution in [3.05, 3.63) is 58.4 Å². The van der Waals surface area contributed by atoms with E-state index in [2.05, 4.69) is 4.99 Å². The zero-order chi connectivity index (χ0) is 10.3. The minimum absolute atomic E-state index is 0.834. The fraction of sp³-hybridized carbons (Fsp3) is 0. The van der Waals surface area contributed by atoms with Crippen molar-refractivity contribution in [1.82, 2.24) is 0 Å². The maximum Gasteiger partial charge on any atom is 0.0790 e. The summed E-state index contributed by atoms with van der Waals surface area (Å²) < 4.78 is 11.1. The molecule has 2 aromatic rings. The standard InChI is InChI=1S/C12H9NOS/c14-15-11-7-3-1-5-9(11)13-10-6-2-4-8-12(10)15/h1-8,14H. The number of fused-ring (bicyclic) bond motifs is 2. The van der Waals surface area contributed by atoms with Crippen LogP contribution in [0.4, 0.5) is 5.69 Å². The summed E-state index contributed by atoms with van der Waals surface area (Å²) in [5, 5.41) is 0.877. The van der Waals surface area contributed by atoms with Gasteiger partial charge in [0.15, 0.2) is 0 Å². The van der Waals surface area contributed by atoms with Crippen LogP contribution in [0, 0.1) is 4.51 Å². The van der Waals surface area contributed by atoms with Crippen LogP contribution >= 0.6 is 10.8 Å². The second-order valence-corrected chi connectivity index (χ2v) is 4.78. The third-order valence-corrected chi connectivity index (χ3v) is 3.91. The molecule has 2 aromatic carbocycles. The topological polar surface area (TPSA) is 32.6 Å². The van der Waals surface area contributed by atoms with E-state index in [9.17, 15) is 4.55 Å². The van der Waals surface area contributed by atoms with Crippen LogP contribution < -0.4 is 5.36 Å². The van der Waals surface area contributed by atoms with E-state index in [-0.39, 0.29) is 0 Å². The van der Waals surface area contributed by atoms with Gasteiger partial charge >= 0.3 is 0 Å². The zero-order valence-electron chi connectivity index (χ0n) is 7.92. The number of benzene rings is 2. The van der Waals surface area contributed by atoms with Gasteiger partial charge in [-0.1, -0.05) is 24.3 Å². The van der Waals surface area contributed by atoms with Crippen LogP contribution in [0.5, 0.6) is 0 Å². The molecule has 1 aliphatic rings. The van der Waals surface area contributed by atoms with E-state index in [1.807, 2.05) is 48.5 Å². The molecule has 0 bridgehead atoms. The van der Waals surface area contributed by atoms with E-state index < -0.39 is 10.8 Å². The lowest BCUT2D eigenvalue weighted by atomic mass is 10.3. The fourth-order valence-electron chi connectivity index (χ4n) is 1.67. The van der Waals surface area contributed by atoms with Gasteiger partial charge in [-0.05, 0) is 35.0 Å². The Balaban J connectivity index is 2.50. The molecule has 0 aromatic heterocycles. The van der Waals surface area contributed by atoms with Gasteiger partial charge in [-0.15, -0.1) is 0 Å². The second kappa shape index (κ2) is 3.29. The van der Waals surface area contributed by atoms with Gasteiger partial charge in [0.1, 0.15) is 0 Å². The molecule has 0 saturated carbocycles. The number of nitrogens with zero attached hydrogens (tertiary/aromatic N) is 1. The van der Waals surface area contributed by atoms with E-state index in [0.717, 1.165) is 20.5 Å². The Morgan fingerprint density at radius 3 is 2.60 bits per heavy atom. The van der Waals surface area contributed by atoms with Crippen molar-refractivity contribution in [1.29, 1.82) is 0 Å². The lowest BCUT2D eigenvalue weighted by molar-refractivity contribution is 0.656. The van der Waals surface area contributed by atoms with Crippen LogP contribution in [0.1, 0.15) is 0 Å². The molecule has 2 nitrogen and oxygen atoms in total. The average Bonchev–Trinajstić information content (AvgIpc) is 2.30. The molecule has 74 valence electrons. The van der Waals surface area contributed by atoms with Gasteiger partial charge in [0.2, 0.25) is 0 Å². The highest BCUT2D eigenvalue weighted by atomic mass is 32.2. The Hall–Kier alpha value is -1.45. The summed E-state index contributed by atoms with van der Waals surface area (Å²) in [7, 11) is -0.834. The summed E-state index contributed by atoms with van der Waals surface area (Å²) in [5.41, 5.74) is 0.877. The molecule has 1 atom stereocenters. The molecule has 0 amide bonds. The van der Waals surface area contributed by atoms with Crippen LogP contribution in [0.3, 0.4) is 0 Å². The summed E-state index contributed by atoms with van der Waals surface area (Å²) in [4.78, 5) is 5.42. The first-order valence-corrected chi connectivity index (χ1v) is 5.87. The summed E-state index contributed by atoms with van der Waals surface area (Å²) >= 11 is 0. The van der Waals surface area contributed by atoms with Crippen molar-refractivity contribution < 1.29 is 4.55 Å². The summed E-state index contributed by atoms with van der Waals surface area (Å²) in [5.74, 6) is 0. The van der Waals surface area contributed by atoms with E-state index in [1.165, 1.54) is 0 Å². The SMILES string of the molecule is OS1=c2ccccc2=Nc2ccccc21. The quantitative estimate of drug-likeness (QED) is 0.673. The molecule has 0 aliphatic carbocycles. The van der Waals surface area contributed by atoms with Crippen LogP contribution in [0.15, 0.2) is 58.4 Å². The van der Waals surface area contributed by atoms with Gasteiger partial charge < -0.3 is 4.55 Å². The highest BCUT2D eigenvalue weighted by Crippen LogP contribution is 2.35. The van der Waals surface area contributed by atoms with E-state index in [4.69, 9.17) is 0 Å². The molecule has 0 radical (unpaired) electrons. The molecule has 1 unspecified atom stereocenters. The van der Waals surface area contributed by atoms with Crippen molar-refractivity contribution in [3.63, 3.8) is 0 Å². The largest absolute Gasteiger partial charge is 0.332 e. The minimum Gasteiger partial charge on any atom is -0.332 e. The summed E-state index contributed by atoms with van der Waals surface area (Å²) in [6.45, 7) is 0. The van der Waals surface area contributed by atoms with Gasteiger partial charge in [-0.2, -0.15) is 0 Å². The molecule has 0 fully saturated rings. The molecule has 0 spiro atoms. The van der Waals surface area contributed by atoms with Gasteiger partial charge in [0.25, 0.3) is 0 Å². The van der Waals surface area contributed by atoms with Crippen molar-refractivity contribution in [2.75, 3.05) is 0 Å².